The van der Waals surface area contributed by atoms with Crippen LogP contribution in [0.5, 0.6) is 0 Å². The number of esters is 1. The molecule has 2 aromatic rings. The van der Waals surface area contributed by atoms with E-state index in [4.69, 9.17) is 10.5 Å². The summed E-state index contributed by atoms with van der Waals surface area (Å²) in [6, 6.07) is 6.45. The van der Waals surface area contributed by atoms with Crippen LogP contribution in [0.3, 0.4) is 0 Å². The predicted octanol–water partition coefficient (Wildman–Crippen LogP) is 2.67. The highest BCUT2D eigenvalue weighted by atomic mass is 32.2. The molecule has 0 fully saturated rings. The van der Waals surface area contributed by atoms with Gasteiger partial charge in [-0.3, -0.25) is 0 Å². The lowest BCUT2D eigenvalue weighted by Crippen LogP contribution is -2.11. The predicted molar refractivity (Wildman–Crippen MR) is 78.4 cm³/mol. The largest absolute Gasteiger partial charge is 0.462 e. The molecule has 0 atom stereocenters. The molecule has 2 rings (SSSR count). The van der Waals surface area contributed by atoms with Crippen LogP contribution in [0.4, 0.5) is 10.2 Å². The number of carbonyl (C=O) groups is 1. The summed E-state index contributed by atoms with van der Waals surface area (Å²) in [5.41, 5.74) is 5.85. The highest BCUT2D eigenvalue weighted by molar-refractivity contribution is 7.98. The van der Waals surface area contributed by atoms with Gasteiger partial charge in [0.2, 0.25) is 0 Å². The number of carbonyl (C=O) groups excluding carboxylic acids is 1. The zero-order valence-electron chi connectivity index (χ0n) is 11.4. The van der Waals surface area contributed by atoms with Gasteiger partial charge in [-0.15, -0.1) is 11.8 Å². The zero-order chi connectivity index (χ0) is 15.2. The van der Waals surface area contributed by atoms with Crippen molar-refractivity contribution in [3.8, 4) is 0 Å². The highest BCUT2D eigenvalue weighted by Crippen LogP contribution is 2.24. The summed E-state index contributed by atoms with van der Waals surface area (Å²) in [6.07, 6.45) is 1.33. The Labute approximate surface area is 125 Å². The molecule has 0 radical (unpaired) electrons. The Morgan fingerprint density at radius 3 is 2.86 bits per heavy atom. The Hall–Kier alpha value is -2.15. The normalized spacial score (nSPS) is 10.4. The van der Waals surface area contributed by atoms with Crippen molar-refractivity contribution in [3.63, 3.8) is 0 Å². The van der Waals surface area contributed by atoms with E-state index in [-0.39, 0.29) is 23.8 Å². The first-order chi connectivity index (χ1) is 10.1. The van der Waals surface area contributed by atoms with Gasteiger partial charge in [-0.2, -0.15) is 0 Å². The lowest BCUT2D eigenvalue weighted by molar-refractivity contribution is 0.0526. The SMILES string of the molecule is CCOC(=O)c1cnc(CSc2ccccc2F)nc1N. The van der Waals surface area contributed by atoms with E-state index in [2.05, 4.69) is 9.97 Å². The highest BCUT2D eigenvalue weighted by Gasteiger charge is 2.13. The van der Waals surface area contributed by atoms with Crippen molar-refractivity contribution in [2.24, 2.45) is 0 Å². The van der Waals surface area contributed by atoms with E-state index in [1.807, 2.05) is 0 Å². The molecule has 0 aliphatic carbocycles. The lowest BCUT2D eigenvalue weighted by Gasteiger charge is -2.06. The van der Waals surface area contributed by atoms with Gasteiger partial charge in [0.25, 0.3) is 0 Å². The molecule has 0 aliphatic rings. The quantitative estimate of drug-likeness (QED) is 0.676. The molecule has 0 saturated carbocycles. The second-order valence-corrected chi connectivity index (χ2v) is 5.04. The molecule has 110 valence electrons. The number of halogens is 1. The first kappa shape index (κ1) is 15.2. The first-order valence-corrected chi connectivity index (χ1v) is 7.26. The molecule has 0 amide bonds. The maximum Gasteiger partial charge on any atom is 0.343 e. The molecule has 1 aromatic carbocycles. The maximum atomic E-state index is 13.5. The molecule has 1 aromatic heterocycles. The molecular formula is C14H14FN3O2S. The smallest absolute Gasteiger partial charge is 0.343 e. The van der Waals surface area contributed by atoms with Crippen molar-refractivity contribution < 1.29 is 13.9 Å². The fraction of sp³-hybridized carbons (Fsp3) is 0.214. The number of nitrogens with zero attached hydrogens (tertiary/aromatic N) is 2. The summed E-state index contributed by atoms with van der Waals surface area (Å²) in [6.45, 7) is 1.96. The average molecular weight is 307 g/mol. The molecule has 0 saturated heterocycles. The van der Waals surface area contributed by atoms with Crippen molar-refractivity contribution >= 4 is 23.5 Å². The van der Waals surface area contributed by atoms with Crippen molar-refractivity contribution in [2.75, 3.05) is 12.3 Å². The number of ether oxygens (including phenoxy) is 1. The minimum Gasteiger partial charge on any atom is -0.462 e. The van der Waals surface area contributed by atoms with Gasteiger partial charge in [-0.1, -0.05) is 12.1 Å². The molecule has 0 aliphatic heterocycles. The number of aromatic nitrogens is 2. The molecule has 5 nitrogen and oxygen atoms in total. The zero-order valence-corrected chi connectivity index (χ0v) is 12.2. The van der Waals surface area contributed by atoms with Crippen LogP contribution in [-0.2, 0) is 10.5 Å². The number of thioether (sulfide) groups is 1. The van der Waals surface area contributed by atoms with Gasteiger partial charge < -0.3 is 10.5 Å². The van der Waals surface area contributed by atoms with E-state index in [0.717, 1.165) is 0 Å². The van der Waals surface area contributed by atoms with Crippen molar-refractivity contribution in [2.45, 2.75) is 17.6 Å². The Balaban J connectivity index is 2.07. The summed E-state index contributed by atoms with van der Waals surface area (Å²) in [7, 11) is 0. The fourth-order valence-electron chi connectivity index (χ4n) is 1.57. The van der Waals surface area contributed by atoms with Crippen molar-refractivity contribution in [1.82, 2.24) is 9.97 Å². The number of nitrogen functional groups attached to an aromatic ring is 1. The second kappa shape index (κ2) is 7.03. The van der Waals surface area contributed by atoms with Crippen LogP contribution in [-0.4, -0.2) is 22.5 Å². The van der Waals surface area contributed by atoms with Gasteiger partial charge >= 0.3 is 5.97 Å². The van der Waals surface area contributed by atoms with Crippen LogP contribution in [0, 0.1) is 5.82 Å². The molecule has 0 spiro atoms. The number of nitrogens with two attached hydrogens (primary N) is 1. The lowest BCUT2D eigenvalue weighted by atomic mass is 10.3. The van der Waals surface area contributed by atoms with Crippen LogP contribution >= 0.6 is 11.8 Å². The first-order valence-electron chi connectivity index (χ1n) is 6.27. The molecular weight excluding hydrogens is 293 g/mol. The summed E-state index contributed by atoms with van der Waals surface area (Å²) in [5.74, 6) is -0.00265. The number of anilines is 1. The third kappa shape index (κ3) is 3.91. The number of benzene rings is 1. The van der Waals surface area contributed by atoms with Gasteiger partial charge in [0.15, 0.2) is 0 Å². The van der Waals surface area contributed by atoms with E-state index >= 15 is 0 Å². The van der Waals surface area contributed by atoms with E-state index in [9.17, 15) is 9.18 Å². The summed E-state index contributed by atoms with van der Waals surface area (Å²) >= 11 is 1.26. The van der Waals surface area contributed by atoms with Crippen LogP contribution in [0.15, 0.2) is 35.4 Å². The van der Waals surface area contributed by atoms with Gasteiger partial charge in [0, 0.05) is 11.1 Å². The molecule has 0 unspecified atom stereocenters. The molecule has 1 heterocycles. The fourth-order valence-corrected chi connectivity index (χ4v) is 2.38. The Morgan fingerprint density at radius 2 is 2.19 bits per heavy atom. The summed E-state index contributed by atoms with van der Waals surface area (Å²) in [4.78, 5) is 20.2. The van der Waals surface area contributed by atoms with Crippen LogP contribution < -0.4 is 5.73 Å². The van der Waals surface area contributed by atoms with Crippen LogP contribution in [0.25, 0.3) is 0 Å². The minimum absolute atomic E-state index is 0.0626. The molecule has 0 bridgehead atoms. The third-order valence-corrected chi connectivity index (χ3v) is 3.60. The van der Waals surface area contributed by atoms with Gasteiger partial charge in [0.1, 0.15) is 23.0 Å². The Morgan fingerprint density at radius 1 is 1.43 bits per heavy atom. The summed E-state index contributed by atoms with van der Waals surface area (Å²) in [5, 5.41) is 0. The number of hydrogen-bond acceptors (Lipinski definition) is 6. The Bertz CT molecular complexity index is 652. The minimum atomic E-state index is -0.552. The molecule has 2 N–H and O–H groups in total. The van der Waals surface area contributed by atoms with Crippen LogP contribution in [0.2, 0.25) is 0 Å². The van der Waals surface area contributed by atoms with Gasteiger partial charge in [0.05, 0.1) is 12.4 Å². The maximum absolute atomic E-state index is 13.5. The van der Waals surface area contributed by atoms with E-state index in [1.165, 1.54) is 24.0 Å². The molecule has 21 heavy (non-hydrogen) atoms. The van der Waals surface area contributed by atoms with E-state index < -0.39 is 5.97 Å². The molecule has 7 heteroatoms. The van der Waals surface area contributed by atoms with Gasteiger partial charge in [-0.25, -0.2) is 19.2 Å². The van der Waals surface area contributed by atoms with E-state index in [0.29, 0.717) is 16.5 Å². The van der Waals surface area contributed by atoms with Gasteiger partial charge in [-0.05, 0) is 19.1 Å². The standard InChI is InChI=1S/C14H14FN3O2S/c1-2-20-14(19)9-7-17-12(18-13(9)16)8-21-11-6-4-3-5-10(11)15/h3-7H,2,8H2,1H3,(H2,16,17,18). The van der Waals surface area contributed by atoms with Crippen molar-refractivity contribution in [3.05, 3.63) is 47.7 Å². The third-order valence-electron chi connectivity index (χ3n) is 2.56. The van der Waals surface area contributed by atoms with E-state index in [1.54, 1.807) is 25.1 Å². The monoisotopic (exact) mass is 307 g/mol. The number of hydrogen-bond donors (Lipinski definition) is 1. The Kier molecular flexibility index (Phi) is 5.10. The number of rotatable bonds is 5. The topological polar surface area (TPSA) is 78.1 Å². The van der Waals surface area contributed by atoms with Crippen LogP contribution in [0.1, 0.15) is 23.1 Å². The van der Waals surface area contributed by atoms with Crippen molar-refractivity contribution in [1.29, 1.82) is 0 Å². The average Bonchev–Trinajstić information content (AvgIpc) is 2.46. The summed E-state index contributed by atoms with van der Waals surface area (Å²) < 4.78 is 18.3. The second-order valence-electron chi connectivity index (χ2n) is 4.02.